The normalized spacial score (nSPS) is 20.9. The molecule has 36 heavy (non-hydrogen) atoms. The Balaban J connectivity index is 1.43. The summed E-state index contributed by atoms with van der Waals surface area (Å²) in [7, 11) is -3.30. The van der Waals surface area contributed by atoms with Gasteiger partial charge in [0.25, 0.3) is 0 Å². The monoisotopic (exact) mass is 554 g/mol. The second kappa shape index (κ2) is 12.1. The Bertz CT molecular complexity index is 1190. The van der Waals surface area contributed by atoms with Crippen LogP contribution in [0.15, 0.2) is 30.5 Å². The molecule has 2 fully saturated rings. The van der Waals surface area contributed by atoms with Gasteiger partial charge in [0.2, 0.25) is 15.9 Å². The Kier molecular flexibility index (Phi) is 9.11. The number of sulfonamides is 1. The Morgan fingerprint density at radius 1 is 1.08 bits per heavy atom. The summed E-state index contributed by atoms with van der Waals surface area (Å²) in [5.74, 6) is 0.473. The number of halogens is 2. The first-order valence-corrected chi connectivity index (χ1v) is 14.7. The van der Waals surface area contributed by atoms with Gasteiger partial charge in [0.1, 0.15) is 5.82 Å². The van der Waals surface area contributed by atoms with Crippen molar-refractivity contribution < 1.29 is 17.9 Å². The van der Waals surface area contributed by atoms with Crippen LogP contribution in [-0.4, -0.2) is 50.9 Å². The number of hydrogen-bond donors (Lipinski definition) is 3. The minimum absolute atomic E-state index is 0.0205. The SMILES string of the molecule is CCS(=O)(=O)N[C@@H]1CC[C@H](C(=O)Nc2cc(-c3cc(NCC4CCOCC4)ccc3Cl)c(Cl)cn2)C1. The van der Waals surface area contributed by atoms with Crippen LogP contribution in [0.4, 0.5) is 11.5 Å². The number of nitrogens with one attached hydrogen (secondary N) is 3. The fraction of sp³-hybridized carbons (Fsp3) is 0.520. The quantitative estimate of drug-likeness (QED) is 0.405. The molecule has 1 aromatic carbocycles. The van der Waals surface area contributed by atoms with E-state index in [1.807, 2.05) is 18.2 Å². The lowest BCUT2D eigenvalue weighted by Crippen LogP contribution is -2.34. The first kappa shape index (κ1) is 27.1. The first-order valence-electron chi connectivity index (χ1n) is 12.3. The number of pyridine rings is 1. The molecule has 0 spiro atoms. The van der Waals surface area contributed by atoms with Gasteiger partial charge in [-0.3, -0.25) is 4.79 Å². The number of ether oxygens (including phenoxy) is 1. The van der Waals surface area contributed by atoms with Crippen molar-refractivity contribution in [1.82, 2.24) is 9.71 Å². The third-order valence-electron chi connectivity index (χ3n) is 6.83. The number of carbonyl (C=O) groups excluding carboxylic acids is 1. The van der Waals surface area contributed by atoms with Gasteiger partial charge < -0.3 is 15.4 Å². The highest BCUT2D eigenvalue weighted by molar-refractivity contribution is 7.89. The van der Waals surface area contributed by atoms with Gasteiger partial charge in [-0.25, -0.2) is 18.1 Å². The Morgan fingerprint density at radius 2 is 1.83 bits per heavy atom. The molecule has 196 valence electrons. The summed E-state index contributed by atoms with van der Waals surface area (Å²) in [5.41, 5.74) is 2.35. The van der Waals surface area contributed by atoms with E-state index in [2.05, 4.69) is 20.3 Å². The zero-order valence-electron chi connectivity index (χ0n) is 20.2. The largest absolute Gasteiger partial charge is 0.385 e. The zero-order valence-corrected chi connectivity index (χ0v) is 22.6. The summed E-state index contributed by atoms with van der Waals surface area (Å²) in [5, 5.41) is 7.32. The van der Waals surface area contributed by atoms with E-state index >= 15 is 0 Å². The second-order valence-corrected chi connectivity index (χ2v) is 12.3. The van der Waals surface area contributed by atoms with Gasteiger partial charge in [-0.1, -0.05) is 23.2 Å². The molecule has 2 heterocycles. The molecular weight excluding hydrogens is 523 g/mol. The molecule has 0 unspecified atom stereocenters. The van der Waals surface area contributed by atoms with Crippen LogP contribution in [0.5, 0.6) is 0 Å². The lowest BCUT2D eigenvalue weighted by molar-refractivity contribution is -0.119. The predicted octanol–water partition coefficient (Wildman–Crippen LogP) is 4.94. The summed E-state index contributed by atoms with van der Waals surface area (Å²) >= 11 is 13.0. The molecule has 0 bridgehead atoms. The molecular formula is C25H32Cl2N4O4S. The van der Waals surface area contributed by atoms with Gasteiger partial charge in [-0.05, 0) is 69.2 Å². The van der Waals surface area contributed by atoms with Crippen LogP contribution < -0.4 is 15.4 Å². The fourth-order valence-corrected chi connectivity index (χ4v) is 5.97. The van der Waals surface area contributed by atoms with Crippen molar-refractivity contribution in [3.05, 3.63) is 40.5 Å². The highest BCUT2D eigenvalue weighted by atomic mass is 35.5. The number of carbonyl (C=O) groups is 1. The van der Waals surface area contributed by atoms with Crippen molar-refractivity contribution in [3.8, 4) is 11.1 Å². The van der Waals surface area contributed by atoms with Crippen LogP contribution in [0.3, 0.4) is 0 Å². The molecule has 1 amide bonds. The Hall–Kier alpha value is -1.91. The van der Waals surface area contributed by atoms with Gasteiger partial charge in [0.05, 0.1) is 10.8 Å². The molecule has 4 rings (SSSR count). The number of anilines is 2. The minimum Gasteiger partial charge on any atom is -0.385 e. The summed E-state index contributed by atoms with van der Waals surface area (Å²) in [4.78, 5) is 17.1. The highest BCUT2D eigenvalue weighted by Crippen LogP contribution is 2.36. The van der Waals surface area contributed by atoms with Gasteiger partial charge in [0.15, 0.2) is 0 Å². The topological polar surface area (TPSA) is 109 Å². The maximum Gasteiger partial charge on any atom is 0.228 e. The number of amides is 1. The predicted molar refractivity (Wildman–Crippen MR) is 144 cm³/mol. The molecule has 2 atom stereocenters. The summed E-state index contributed by atoms with van der Waals surface area (Å²) < 4.78 is 31.8. The zero-order chi connectivity index (χ0) is 25.7. The van der Waals surface area contributed by atoms with Gasteiger partial charge in [0, 0.05) is 59.8 Å². The lowest BCUT2D eigenvalue weighted by atomic mass is 10.00. The number of benzene rings is 1. The Labute approximate surface area is 222 Å². The van der Waals surface area contributed by atoms with Crippen molar-refractivity contribution in [2.24, 2.45) is 11.8 Å². The van der Waals surface area contributed by atoms with E-state index in [1.54, 1.807) is 13.0 Å². The van der Waals surface area contributed by atoms with Gasteiger partial charge >= 0.3 is 0 Å². The Morgan fingerprint density at radius 3 is 2.58 bits per heavy atom. The van der Waals surface area contributed by atoms with Crippen molar-refractivity contribution in [1.29, 1.82) is 0 Å². The van der Waals surface area contributed by atoms with Crippen LogP contribution in [0.1, 0.15) is 39.0 Å². The van der Waals surface area contributed by atoms with E-state index in [-0.39, 0.29) is 23.6 Å². The second-order valence-electron chi connectivity index (χ2n) is 9.40. The van der Waals surface area contributed by atoms with E-state index < -0.39 is 10.0 Å². The maximum atomic E-state index is 12.9. The maximum absolute atomic E-state index is 12.9. The van der Waals surface area contributed by atoms with Gasteiger partial charge in [-0.15, -0.1) is 0 Å². The summed E-state index contributed by atoms with van der Waals surface area (Å²) in [6.07, 6.45) is 5.27. The van der Waals surface area contributed by atoms with E-state index in [4.69, 9.17) is 27.9 Å². The summed E-state index contributed by atoms with van der Waals surface area (Å²) in [6, 6.07) is 7.21. The number of rotatable bonds is 9. The average Bonchev–Trinajstić information content (AvgIpc) is 3.33. The molecule has 2 aliphatic rings. The van der Waals surface area contributed by atoms with Crippen molar-refractivity contribution >= 4 is 50.6 Å². The third-order valence-corrected chi connectivity index (χ3v) is 8.91. The van der Waals surface area contributed by atoms with E-state index in [0.29, 0.717) is 46.6 Å². The molecule has 1 aliphatic heterocycles. The van der Waals surface area contributed by atoms with Crippen LogP contribution in [0.2, 0.25) is 10.0 Å². The molecule has 2 aromatic rings. The minimum atomic E-state index is -3.30. The van der Waals surface area contributed by atoms with Crippen LogP contribution in [0.25, 0.3) is 11.1 Å². The van der Waals surface area contributed by atoms with E-state index in [0.717, 1.165) is 43.9 Å². The van der Waals surface area contributed by atoms with E-state index in [9.17, 15) is 13.2 Å². The smallest absolute Gasteiger partial charge is 0.228 e. The van der Waals surface area contributed by atoms with E-state index in [1.165, 1.54) is 6.20 Å². The standard InChI is InChI=1S/C25H32Cl2N4O4S/c1-2-36(33,34)31-19-4-3-17(11-19)25(32)30-24-13-21(23(27)15-29-24)20-12-18(5-6-22(20)26)28-14-16-7-9-35-10-8-16/h5-6,12-13,15-17,19,28,31H,2-4,7-11,14H2,1H3,(H,29,30,32)/t17-,19+/m0/s1. The van der Waals surface area contributed by atoms with Crippen molar-refractivity contribution in [3.63, 3.8) is 0 Å². The molecule has 1 saturated carbocycles. The number of nitrogens with zero attached hydrogens (tertiary/aromatic N) is 1. The molecule has 1 aliphatic carbocycles. The first-order chi connectivity index (χ1) is 17.2. The number of hydrogen-bond acceptors (Lipinski definition) is 6. The fourth-order valence-electron chi connectivity index (χ4n) is 4.66. The molecule has 8 nitrogen and oxygen atoms in total. The van der Waals surface area contributed by atoms with Gasteiger partial charge in [-0.2, -0.15) is 0 Å². The molecule has 1 saturated heterocycles. The van der Waals surface area contributed by atoms with Crippen LogP contribution in [-0.2, 0) is 19.6 Å². The highest BCUT2D eigenvalue weighted by Gasteiger charge is 2.32. The lowest BCUT2D eigenvalue weighted by Gasteiger charge is -2.23. The third kappa shape index (κ3) is 7.10. The van der Waals surface area contributed by atoms with Crippen LogP contribution >= 0.6 is 23.2 Å². The summed E-state index contributed by atoms with van der Waals surface area (Å²) in [6.45, 7) is 4.05. The molecule has 1 aromatic heterocycles. The number of aromatic nitrogens is 1. The molecule has 3 N–H and O–H groups in total. The van der Waals surface area contributed by atoms with Crippen LogP contribution in [0, 0.1) is 11.8 Å². The molecule has 0 radical (unpaired) electrons. The van der Waals surface area contributed by atoms with Crippen molar-refractivity contribution in [2.75, 3.05) is 36.1 Å². The van der Waals surface area contributed by atoms with Crippen molar-refractivity contribution in [2.45, 2.75) is 45.1 Å². The average molecular weight is 556 g/mol. The molecule has 11 heteroatoms.